The first kappa shape index (κ1) is 23.3. The standard InChI is InChI=1S/C23H29N3O6/c1-30-19-13-18(20(26(28)29)22(32-3)21(19)31-2)23(27)24-14-16-7-9-17(10-8-16)15-25-11-5-4-6-12-25/h7-10,13H,4-6,11-12,14-15H2,1-3H3,(H,24,27). The zero-order chi connectivity index (χ0) is 23.1. The van der Waals surface area contributed by atoms with Gasteiger partial charge in [0.05, 0.1) is 26.3 Å². The van der Waals surface area contributed by atoms with Crippen molar-refractivity contribution in [1.82, 2.24) is 10.2 Å². The van der Waals surface area contributed by atoms with Crippen LogP contribution >= 0.6 is 0 Å². The van der Waals surface area contributed by atoms with Crippen molar-refractivity contribution in [3.05, 3.63) is 57.1 Å². The predicted molar refractivity (Wildman–Crippen MR) is 119 cm³/mol. The molecule has 1 heterocycles. The molecular formula is C23H29N3O6. The summed E-state index contributed by atoms with van der Waals surface area (Å²) in [5.74, 6) is -0.540. The topological polar surface area (TPSA) is 103 Å². The monoisotopic (exact) mass is 443 g/mol. The zero-order valence-electron chi connectivity index (χ0n) is 18.7. The number of nitrogens with zero attached hydrogens (tertiary/aromatic N) is 2. The first-order valence-electron chi connectivity index (χ1n) is 10.5. The van der Waals surface area contributed by atoms with Crippen molar-refractivity contribution in [2.75, 3.05) is 34.4 Å². The van der Waals surface area contributed by atoms with Gasteiger partial charge in [-0.1, -0.05) is 30.7 Å². The fourth-order valence-electron chi connectivity index (χ4n) is 3.91. The largest absolute Gasteiger partial charge is 0.493 e. The van der Waals surface area contributed by atoms with Crippen LogP contribution in [0.2, 0.25) is 0 Å². The lowest BCUT2D eigenvalue weighted by Gasteiger charge is -2.26. The number of carbonyl (C=O) groups is 1. The van der Waals surface area contributed by atoms with E-state index in [9.17, 15) is 14.9 Å². The van der Waals surface area contributed by atoms with Crippen LogP contribution in [0.5, 0.6) is 17.2 Å². The van der Waals surface area contributed by atoms with E-state index >= 15 is 0 Å². The summed E-state index contributed by atoms with van der Waals surface area (Å²) in [6, 6.07) is 9.32. The maximum Gasteiger partial charge on any atom is 0.327 e. The molecule has 0 bridgehead atoms. The molecule has 1 N–H and O–H groups in total. The molecule has 0 unspecified atom stereocenters. The number of ether oxygens (including phenoxy) is 3. The van der Waals surface area contributed by atoms with Gasteiger partial charge in [-0.25, -0.2) is 0 Å². The molecule has 0 spiro atoms. The average Bonchev–Trinajstić information content (AvgIpc) is 2.82. The van der Waals surface area contributed by atoms with Crippen LogP contribution in [0.15, 0.2) is 30.3 Å². The molecule has 9 nitrogen and oxygen atoms in total. The Morgan fingerprint density at radius 1 is 1.00 bits per heavy atom. The van der Waals surface area contributed by atoms with Gasteiger partial charge in [0.15, 0.2) is 5.75 Å². The molecule has 1 saturated heterocycles. The number of nitro groups is 1. The summed E-state index contributed by atoms with van der Waals surface area (Å²) in [7, 11) is 4.01. The molecule has 0 saturated carbocycles. The fourth-order valence-corrected chi connectivity index (χ4v) is 3.91. The van der Waals surface area contributed by atoms with Crippen molar-refractivity contribution in [3.8, 4) is 17.2 Å². The Morgan fingerprint density at radius 3 is 2.19 bits per heavy atom. The third-order valence-electron chi connectivity index (χ3n) is 5.56. The molecule has 172 valence electrons. The number of nitrogens with one attached hydrogen (secondary N) is 1. The minimum absolute atomic E-state index is 0.0579. The van der Waals surface area contributed by atoms with E-state index in [0.29, 0.717) is 0 Å². The van der Waals surface area contributed by atoms with E-state index in [0.717, 1.165) is 25.2 Å². The SMILES string of the molecule is COc1cc(C(=O)NCc2ccc(CN3CCCCC3)cc2)c([N+](=O)[O-])c(OC)c1OC. The molecule has 0 radical (unpaired) electrons. The number of hydrogen-bond donors (Lipinski definition) is 1. The Kier molecular flexibility index (Phi) is 7.88. The van der Waals surface area contributed by atoms with Gasteiger partial charge in [-0.3, -0.25) is 19.8 Å². The van der Waals surface area contributed by atoms with Crippen molar-refractivity contribution in [3.63, 3.8) is 0 Å². The van der Waals surface area contributed by atoms with Gasteiger partial charge in [0.25, 0.3) is 5.91 Å². The third-order valence-corrected chi connectivity index (χ3v) is 5.56. The molecule has 32 heavy (non-hydrogen) atoms. The highest BCUT2D eigenvalue weighted by molar-refractivity contribution is 6.00. The Hall–Kier alpha value is -3.33. The van der Waals surface area contributed by atoms with E-state index in [4.69, 9.17) is 14.2 Å². The van der Waals surface area contributed by atoms with E-state index in [1.807, 2.05) is 12.1 Å². The lowest BCUT2D eigenvalue weighted by molar-refractivity contribution is -0.386. The van der Waals surface area contributed by atoms with Gasteiger partial charge in [-0.05, 0) is 37.1 Å². The van der Waals surface area contributed by atoms with Crippen molar-refractivity contribution in [2.45, 2.75) is 32.4 Å². The highest BCUT2D eigenvalue weighted by Gasteiger charge is 2.32. The average molecular weight is 444 g/mol. The molecule has 2 aromatic carbocycles. The van der Waals surface area contributed by atoms with Crippen LogP contribution in [0.4, 0.5) is 5.69 Å². The van der Waals surface area contributed by atoms with E-state index < -0.39 is 16.5 Å². The number of methoxy groups -OCH3 is 3. The van der Waals surface area contributed by atoms with Crippen LogP contribution in [0.25, 0.3) is 0 Å². The Labute approximate surface area is 187 Å². The molecule has 9 heteroatoms. The van der Waals surface area contributed by atoms with Gasteiger partial charge >= 0.3 is 5.69 Å². The van der Waals surface area contributed by atoms with Crippen LogP contribution in [0.1, 0.15) is 40.7 Å². The van der Waals surface area contributed by atoms with Crippen LogP contribution in [0, 0.1) is 10.1 Å². The first-order valence-corrected chi connectivity index (χ1v) is 10.5. The molecule has 1 amide bonds. The van der Waals surface area contributed by atoms with E-state index in [2.05, 4.69) is 22.3 Å². The Balaban J connectivity index is 1.73. The highest BCUT2D eigenvalue weighted by Crippen LogP contribution is 2.46. The second kappa shape index (κ2) is 10.8. The minimum atomic E-state index is -0.662. The van der Waals surface area contributed by atoms with E-state index in [1.54, 1.807) is 0 Å². The van der Waals surface area contributed by atoms with E-state index in [1.165, 1.54) is 52.2 Å². The van der Waals surface area contributed by atoms with Crippen LogP contribution in [-0.2, 0) is 13.1 Å². The van der Waals surface area contributed by atoms with Gasteiger partial charge in [-0.2, -0.15) is 0 Å². The smallest absolute Gasteiger partial charge is 0.327 e. The summed E-state index contributed by atoms with van der Waals surface area (Å²) in [4.78, 5) is 26.3. The number of nitro benzene ring substituents is 1. The summed E-state index contributed by atoms with van der Waals surface area (Å²) < 4.78 is 15.6. The summed E-state index contributed by atoms with van der Waals surface area (Å²) in [6.07, 6.45) is 3.80. The van der Waals surface area contributed by atoms with E-state index in [-0.39, 0.29) is 29.4 Å². The number of benzene rings is 2. The van der Waals surface area contributed by atoms with Gasteiger partial charge in [-0.15, -0.1) is 0 Å². The minimum Gasteiger partial charge on any atom is -0.493 e. The molecule has 0 aliphatic carbocycles. The Bertz CT molecular complexity index is 955. The van der Waals surface area contributed by atoms with Crippen LogP contribution in [0.3, 0.4) is 0 Å². The molecule has 3 rings (SSSR count). The molecular weight excluding hydrogens is 414 g/mol. The summed E-state index contributed by atoms with van der Waals surface area (Å²) in [6.45, 7) is 3.41. The van der Waals surface area contributed by atoms with Gasteiger partial charge in [0, 0.05) is 19.2 Å². The number of carbonyl (C=O) groups excluding carboxylic acids is 1. The molecule has 1 aliphatic heterocycles. The summed E-state index contributed by atoms with van der Waals surface area (Å²) >= 11 is 0. The quantitative estimate of drug-likeness (QED) is 0.467. The lowest BCUT2D eigenvalue weighted by Crippen LogP contribution is -2.29. The van der Waals surface area contributed by atoms with Gasteiger partial charge in [0.2, 0.25) is 11.5 Å². The zero-order valence-corrected chi connectivity index (χ0v) is 18.7. The number of hydrogen-bond acceptors (Lipinski definition) is 7. The second-order valence-electron chi connectivity index (χ2n) is 7.63. The van der Waals surface area contributed by atoms with Gasteiger partial charge < -0.3 is 19.5 Å². The number of likely N-dealkylation sites (tertiary alicyclic amines) is 1. The van der Waals surface area contributed by atoms with Crippen LogP contribution < -0.4 is 19.5 Å². The summed E-state index contributed by atoms with van der Waals surface area (Å²) in [5, 5.41) is 14.4. The van der Waals surface area contributed by atoms with Crippen molar-refractivity contribution in [2.24, 2.45) is 0 Å². The maximum atomic E-state index is 12.8. The number of rotatable bonds is 9. The molecule has 0 atom stereocenters. The molecule has 0 aromatic heterocycles. The van der Waals surface area contributed by atoms with Gasteiger partial charge in [0.1, 0.15) is 5.56 Å². The molecule has 1 fully saturated rings. The number of amides is 1. The second-order valence-corrected chi connectivity index (χ2v) is 7.63. The predicted octanol–water partition coefficient (Wildman–Crippen LogP) is 3.54. The normalized spacial score (nSPS) is 14.0. The van der Waals surface area contributed by atoms with Crippen molar-refractivity contribution in [1.29, 1.82) is 0 Å². The Morgan fingerprint density at radius 2 is 1.62 bits per heavy atom. The molecule has 1 aliphatic rings. The highest BCUT2D eigenvalue weighted by atomic mass is 16.6. The van der Waals surface area contributed by atoms with Crippen molar-refractivity contribution < 1.29 is 23.9 Å². The van der Waals surface area contributed by atoms with Crippen molar-refractivity contribution >= 4 is 11.6 Å². The summed E-state index contributed by atoms with van der Waals surface area (Å²) in [5.41, 5.74) is 1.49. The fraction of sp³-hybridized carbons (Fsp3) is 0.435. The molecule has 2 aromatic rings. The third kappa shape index (κ3) is 5.28. The first-order chi connectivity index (χ1) is 15.5. The van der Waals surface area contributed by atoms with Crippen LogP contribution in [-0.4, -0.2) is 50.1 Å². The maximum absolute atomic E-state index is 12.8. The lowest BCUT2D eigenvalue weighted by atomic mass is 10.1. The number of piperidine rings is 1.